The Bertz CT molecular complexity index is 411. The summed E-state index contributed by atoms with van der Waals surface area (Å²) in [6.45, 7) is 9.22. The molecule has 0 spiro atoms. The van der Waals surface area contributed by atoms with Gasteiger partial charge in [0.05, 0.1) is 11.7 Å². The molecule has 1 saturated carbocycles. The molecule has 1 aromatic heterocycles. The second-order valence-corrected chi connectivity index (χ2v) is 7.46. The van der Waals surface area contributed by atoms with E-state index in [9.17, 15) is 0 Å². The smallest absolute Gasteiger partial charge is 0.153 e. The SMILES string of the molecule is CCCC(N)c1cc(C2CCC(C(C)(C)C)CC2)no1. The van der Waals surface area contributed by atoms with Gasteiger partial charge in [0, 0.05) is 12.0 Å². The van der Waals surface area contributed by atoms with Crippen LogP contribution in [-0.4, -0.2) is 5.16 Å². The molecule has 0 aliphatic heterocycles. The molecule has 1 fully saturated rings. The minimum absolute atomic E-state index is 0.00663. The highest BCUT2D eigenvalue weighted by Gasteiger charge is 2.31. The van der Waals surface area contributed by atoms with E-state index < -0.39 is 0 Å². The van der Waals surface area contributed by atoms with Crippen LogP contribution in [0.25, 0.3) is 0 Å². The van der Waals surface area contributed by atoms with Crippen molar-refractivity contribution in [1.29, 1.82) is 0 Å². The molecule has 1 aliphatic carbocycles. The van der Waals surface area contributed by atoms with Gasteiger partial charge in [-0.05, 0) is 43.4 Å². The largest absolute Gasteiger partial charge is 0.359 e. The van der Waals surface area contributed by atoms with Crippen molar-refractivity contribution in [2.45, 2.75) is 78.2 Å². The van der Waals surface area contributed by atoms with Crippen LogP contribution in [0.3, 0.4) is 0 Å². The van der Waals surface area contributed by atoms with E-state index in [0.717, 1.165) is 30.2 Å². The third-order valence-electron chi connectivity index (χ3n) is 4.88. The summed E-state index contributed by atoms with van der Waals surface area (Å²) < 4.78 is 5.45. The summed E-state index contributed by atoms with van der Waals surface area (Å²) >= 11 is 0. The van der Waals surface area contributed by atoms with E-state index in [4.69, 9.17) is 10.3 Å². The molecule has 0 amide bonds. The van der Waals surface area contributed by atoms with Gasteiger partial charge in [-0.2, -0.15) is 0 Å². The molecule has 1 aromatic rings. The lowest BCUT2D eigenvalue weighted by Crippen LogP contribution is -2.25. The van der Waals surface area contributed by atoms with E-state index in [2.05, 4.69) is 38.9 Å². The molecule has 2 N–H and O–H groups in total. The highest BCUT2D eigenvalue weighted by Crippen LogP contribution is 2.43. The fourth-order valence-corrected chi connectivity index (χ4v) is 3.38. The number of hydrogen-bond acceptors (Lipinski definition) is 3. The van der Waals surface area contributed by atoms with Crippen LogP contribution in [0, 0.1) is 11.3 Å². The van der Waals surface area contributed by atoms with Crippen molar-refractivity contribution in [3.05, 3.63) is 17.5 Å². The van der Waals surface area contributed by atoms with Crippen LogP contribution in [0.2, 0.25) is 0 Å². The van der Waals surface area contributed by atoms with Gasteiger partial charge in [-0.3, -0.25) is 0 Å². The van der Waals surface area contributed by atoms with Gasteiger partial charge >= 0.3 is 0 Å². The number of nitrogens with two attached hydrogens (primary N) is 1. The Kier molecular flexibility index (Phi) is 4.90. The lowest BCUT2D eigenvalue weighted by atomic mass is 9.69. The van der Waals surface area contributed by atoms with Gasteiger partial charge in [0.1, 0.15) is 0 Å². The Labute approximate surface area is 123 Å². The van der Waals surface area contributed by atoms with Crippen molar-refractivity contribution < 1.29 is 4.52 Å². The van der Waals surface area contributed by atoms with Crippen LogP contribution in [-0.2, 0) is 0 Å². The second-order valence-electron chi connectivity index (χ2n) is 7.46. The van der Waals surface area contributed by atoms with Crippen molar-refractivity contribution >= 4 is 0 Å². The summed E-state index contributed by atoms with van der Waals surface area (Å²) in [5.41, 5.74) is 7.65. The summed E-state index contributed by atoms with van der Waals surface area (Å²) in [6.07, 6.45) is 7.11. The van der Waals surface area contributed by atoms with Crippen LogP contribution >= 0.6 is 0 Å². The average molecular weight is 278 g/mol. The molecule has 1 atom stereocenters. The van der Waals surface area contributed by atoms with Gasteiger partial charge < -0.3 is 10.3 Å². The summed E-state index contributed by atoms with van der Waals surface area (Å²) in [5, 5.41) is 4.28. The first-order valence-corrected chi connectivity index (χ1v) is 8.14. The number of rotatable bonds is 4. The maximum absolute atomic E-state index is 6.09. The zero-order valence-electron chi connectivity index (χ0n) is 13.5. The molecular formula is C17H30N2O. The van der Waals surface area contributed by atoms with Gasteiger partial charge in [-0.25, -0.2) is 0 Å². The van der Waals surface area contributed by atoms with E-state index >= 15 is 0 Å². The molecule has 3 nitrogen and oxygen atoms in total. The van der Waals surface area contributed by atoms with Crippen molar-refractivity contribution in [2.75, 3.05) is 0 Å². The quantitative estimate of drug-likeness (QED) is 0.861. The van der Waals surface area contributed by atoms with Crippen molar-refractivity contribution in [3.63, 3.8) is 0 Å². The first-order valence-electron chi connectivity index (χ1n) is 8.14. The zero-order chi connectivity index (χ0) is 14.8. The average Bonchev–Trinajstić information content (AvgIpc) is 2.88. The molecule has 20 heavy (non-hydrogen) atoms. The van der Waals surface area contributed by atoms with Crippen molar-refractivity contribution in [3.8, 4) is 0 Å². The molecule has 0 aromatic carbocycles. The third kappa shape index (κ3) is 3.63. The van der Waals surface area contributed by atoms with E-state index in [1.807, 2.05) is 0 Å². The predicted molar refractivity (Wildman–Crippen MR) is 82.5 cm³/mol. The Morgan fingerprint density at radius 3 is 2.50 bits per heavy atom. The van der Waals surface area contributed by atoms with E-state index in [0.29, 0.717) is 11.3 Å². The highest BCUT2D eigenvalue weighted by atomic mass is 16.5. The molecule has 3 heteroatoms. The fourth-order valence-electron chi connectivity index (χ4n) is 3.38. The molecule has 114 valence electrons. The zero-order valence-corrected chi connectivity index (χ0v) is 13.5. The number of hydrogen-bond donors (Lipinski definition) is 1. The lowest BCUT2D eigenvalue weighted by molar-refractivity contribution is 0.167. The predicted octanol–water partition coefficient (Wildman–Crippen LogP) is 4.79. The lowest BCUT2D eigenvalue weighted by Gasteiger charge is -2.36. The molecule has 2 rings (SSSR count). The molecule has 0 saturated heterocycles. The minimum Gasteiger partial charge on any atom is -0.359 e. The third-order valence-corrected chi connectivity index (χ3v) is 4.88. The molecular weight excluding hydrogens is 248 g/mol. The molecule has 1 heterocycles. The first-order chi connectivity index (χ1) is 9.41. The standard InChI is InChI=1S/C17H30N2O/c1-5-6-14(18)16-11-15(19-20-16)12-7-9-13(10-8-12)17(2,3)4/h11-14H,5-10,18H2,1-4H3. The Morgan fingerprint density at radius 1 is 1.30 bits per heavy atom. The van der Waals surface area contributed by atoms with Gasteiger partial charge in [0.25, 0.3) is 0 Å². The molecule has 0 bridgehead atoms. The highest BCUT2D eigenvalue weighted by molar-refractivity contribution is 5.14. The monoisotopic (exact) mass is 278 g/mol. The van der Waals surface area contributed by atoms with E-state index in [1.165, 1.54) is 25.7 Å². The van der Waals surface area contributed by atoms with Crippen LogP contribution in [0.1, 0.15) is 89.6 Å². The van der Waals surface area contributed by atoms with Gasteiger partial charge in [0.2, 0.25) is 0 Å². The van der Waals surface area contributed by atoms with E-state index in [-0.39, 0.29) is 6.04 Å². The van der Waals surface area contributed by atoms with Gasteiger partial charge in [-0.15, -0.1) is 0 Å². The maximum Gasteiger partial charge on any atom is 0.153 e. The molecule has 1 unspecified atom stereocenters. The normalized spacial score (nSPS) is 25.6. The first kappa shape index (κ1) is 15.6. The Morgan fingerprint density at radius 2 is 1.95 bits per heavy atom. The summed E-state index contributed by atoms with van der Waals surface area (Å²) in [4.78, 5) is 0. The van der Waals surface area contributed by atoms with Crippen molar-refractivity contribution in [2.24, 2.45) is 17.1 Å². The van der Waals surface area contributed by atoms with Crippen LogP contribution < -0.4 is 5.73 Å². The van der Waals surface area contributed by atoms with E-state index in [1.54, 1.807) is 0 Å². The fraction of sp³-hybridized carbons (Fsp3) is 0.824. The maximum atomic E-state index is 6.09. The topological polar surface area (TPSA) is 52.0 Å². The Hall–Kier alpha value is -0.830. The van der Waals surface area contributed by atoms with Crippen LogP contribution in [0.5, 0.6) is 0 Å². The minimum atomic E-state index is 0.00663. The van der Waals surface area contributed by atoms with Crippen LogP contribution in [0.15, 0.2) is 10.6 Å². The molecule has 0 radical (unpaired) electrons. The number of nitrogens with zero attached hydrogens (tertiary/aromatic N) is 1. The van der Waals surface area contributed by atoms with Crippen molar-refractivity contribution in [1.82, 2.24) is 5.16 Å². The summed E-state index contributed by atoms with van der Waals surface area (Å²) in [7, 11) is 0. The van der Waals surface area contributed by atoms with Crippen LogP contribution in [0.4, 0.5) is 0 Å². The summed E-state index contributed by atoms with van der Waals surface area (Å²) in [5.74, 6) is 2.27. The number of aromatic nitrogens is 1. The summed E-state index contributed by atoms with van der Waals surface area (Å²) in [6, 6.07) is 2.11. The molecule has 1 aliphatic rings. The van der Waals surface area contributed by atoms with Gasteiger partial charge in [-0.1, -0.05) is 39.3 Å². The van der Waals surface area contributed by atoms with Gasteiger partial charge in [0.15, 0.2) is 5.76 Å². The second kappa shape index (κ2) is 6.30. The Balaban J connectivity index is 1.94.